The van der Waals surface area contributed by atoms with Gasteiger partial charge in [-0.1, -0.05) is 26.0 Å². The van der Waals surface area contributed by atoms with E-state index in [-0.39, 0.29) is 18.3 Å². The molecule has 2 saturated heterocycles. The van der Waals surface area contributed by atoms with Gasteiger partial charge in [0.25, 0.3) is 5.91 Å². The number of nitrogens with one attached hydrogen (secondary N) is 1. The summed E-state index contributed by atoms with van der Waals surface area (Å²) in [5, 5.41) is 3.98. The molecule has 128 valence electrons. The Morgan fingerprint density at radius 3 is 2.39 bits per heavy atom. The summed E-state index contributed by atoms with van der Waals surface area (Å²) in [6, 6.07) is 8.07. The Labute approximate surface area is 150 Å². The van der Waals surface area contributed by atoms with Gasteiger partial charge in [-0.2, -0.15) is 0 Å². The van der Waals surface area contributed by atoms with Crippen molar-refractivity contribution >= 4 is 30.1 Å². The van der Waals surface area contributed by atoms with Crippen molar-refractivity contribution in [3.8, 4) is 0 Å². The Morgan fingerprint density at radius 2 is 1.78 bits per heavy atom. The Balaban J connectivity index is 0.00000192. The normalized spacial score (nSPS) is 24.0. The number of fused-ring (bicyclic) bond motifs is 1. The number of carbonyl (C=O) groups excluding carboxylic acids is 1. The summed E-state index contributed by atoms with van der Waals surface area (Å²) < 4.78 is 0. The predicted octanol–water partition coefficient (Wildman–Crippen LogP) is 3.68. The predicted molar refractivity (Wildman–Crippen MR) is 99.7 cm³/mol. The fourth-order valence-corrected chi connectivity index (χ4v) is 4.54. The maximum absolute atomic E-state index is 13.0. The van der Waals surface area contributed by atoms with Crippen LogP contribution in [0.1, 0.15) is 37.0 Å². The van der Waals surface area contributed by atoms with Crippen LogP contribution in [0.15, 0.2) is 29.2 Å². The van der Waals surface area contributed by atoms with Crippen LogP contribution in [-0.4, -0.2) is 42.2 Å². The highest BCUT2D eigenvalue weighted by Gasteiger charge is 2.32. The van der Waals surface area contributed by atoms with Crippen LogP contribution < -0.4 is 5.32 Å². The van der Waals surface area contributed by atoms with E-state index in [4.69, 9.17) is 0 Å². The minimum atomic E-state index is 0. The van der Waals surface area contributed by atoms with Crippen LogP contribution in [-0.2, 0) is 0 Å². The Morgan fingerprint density at radius 1 is 1.17 bits per heavy atom. The van der Waals surface area contributed by atoms with Crippen molar-refractivity contribution in [2.24, 2.45) is 11.8 Å². The molecule has 0 spiro atoms. The first-order valence-corrected chi connectivity index (χ1v) is 9.29. The molecule has 3 nitrogen and oxygen atoms in total. The van der Waals surface area contributed by atoms with Gasteiger partial charge in [-0.25, -0.2) is 0 Å². The quantitative estimate of drug-likeness (QED) is 0.840. The van der Waals surface area contributed by atoms with E-state index in [0.29, 0.717) is 5.25 Å². The van der Waals surface area contributed by atoms with E-state index in [1.807, 2.05) is 18.2 Å². The Bertz CT molecular complexity index is 524. The Hall–Kier alpha value is -0.710. The third-order valence-corrected chi connectivity index (χ3v) is 5.87. The fourth-order valence-electron chi connectivity index (χ4n) is 3.59. The zero-order valence-electron chi connectivity index (χ0n) is 14.0. The van der Waals surface area contributed by atoms with Gasteiger partial charge in [0.15, 0.2) is 0 Å². The number of amides is 1. The highest BCUT2D eigenvalue weighted by Crippen LogP contribution is 2.30. The molecule has 0 bridgehead atoms. The van der Waals surface area contributed by atoms with Crippen molar-refractivity contribution < 1.29 is 4.79 Å². The smallest absolute Gasteiger partial charge is 0.254 e. The van der Waals surface area contributed by atoms with E-state index < -0.39 is 0 Å². The van der Waals surface area contributed by atoms with Gasteiger partial charge in [0.05, 0.1) is 5.56 Å². The maximum Gasteiger partial charge on any atom is 0.254 e. The third kappa shape index (κ3) is 4.43. The van der Waals surface area contributed by atoms with E-state index in [1.54, 1.807) is 11.8 Å². The average molecular weight is 355 g/mol. The third-order valence-electron chi connectivity index (χ3n) is 4.79. The largest absolute Gasteiger partial charge is 0.339 e. The second-order valence-corrected chi connectivity index (χ2v) is 8.33. The standard InChI is InChI=1S/C18H26N2OS.ClH/c1-13(2)22-17-6-4-3-5-16(17)18(21)20-9-7-14-11-19-12-15(14)8-10-20;/h3-6,13-15,19H,7-12H2,1-2H3;1H/t14-,15+;. The van der Waals surface area contributed by atoms with Crippen molar-refractivity contribution in [2.75, 3.05) is 26.2 Å². The molecule has 0 aliphatic carbocycles. The molecular formula is C18H27ClN2OS. The number of hydrogen-bond donors (Lipinski definition) is 1. The van der Waals surface area contributed by atoms with Crippen molar-refractivity contribution in [3.63, 3.8) is 0 Å². The number of nitrogens with zero attached hydrogens (tertiary/aromatic N) is 1. The molecule has 2 aliphatic rings. The first-order valence-electron chi connectivity index (χ1n) is 8.41. The van der Waals surface area contributed by atoms with E-state index in [2.05, 4.69) is 30.1 Å². The van der Waals surface area contributed by atoms with E-state index in [0.717, 1.165) is 61.3 Å². The fraction of sp³-hybridized carbons (Fsp3) is 0.611. The lowest BCUT2D eigenvalue weighted by molar-refractivity contribution is 0.0755. The summed E-state index contributed by atoms with van der Waals surface area (Å²) in [6.07, 6.45) is 2.28. The van der Waals surface area contributed by atoms with E-state index in [9.17, 15) is 4.79 Å². The van der Waals surface area contributed by atoms with Crippen molar-refractivity contribution in [1.82, 2.24) is 10.2 Å². The molecule has 0 radical (unpaired) electrons. The monoisotopic (exact) mass is 354 g/mol. The first-order chi connectivity index (χ1) is 10.6. The zero-order valence-corrected chi connectivity index (χ0v) is 15.6. The van der Waals surface area contributed by atoms with Gasteiger partial charge in [0.2, 0.25) is 0 Å². The number of thioether (sulfide) groups is 1. The lowest BCUT2D eigenvalue weighted by Crippen LogP contribution is -2.33. The van der Waals surface area contributed by atoms with E-state index in [1.165, 1.54) is 0 Å². The highest BCUT2D eigenvalue weighted by molar-refractivity contribution is 8.00. The summed E-state index contributed by atoms with van der Waals surface area (Å²) >= 11 is 1.78. The minimum absolute atomic E-state index is 0. The molecule has 1 aromatic rings. The number of halogens is 1. The highest BCUT2D eigenvalue weighted by atomic mass is 35.5. The maximum atomic E-state index is 13.0. The SMILES string of the molecule is CC(C)Sc1ccccc1C(=O)N1CC[C@@H]2CNC[C@@H]2CC1.Cl. The molecule has 23 heavy (non-hydrogen) atoms. The molecule has 1 amide bonds. The molecule has 1 N–H and O–H groups in total. The summed E-state index contributed by atoms with van der Waals surface area (Å²) in [5.41, 5.74) is 0.881. The van der Waals surface area contributed by atoms with Crippen LogP contribution in [0.3, 0.4) is 0 Å². The molecule has 0 saturated carbocycles. The van der Waals surface area contributed by atoms with E-state index >= 15 is 0 Å². The molecular weight excluding hydrogens is 328 g/mol. The summed E-state index contributed by atoms with van der Waals surface area (Å²) in [4.78, 5) is 16.2. The molecule has 5 heteroatoms. The Kier molecular flexibility index (Phi) is 6.81. The minimum Gasteiger partial charge on any atom is -0.339 e. The number of rotatable bonds is 3. The van der Waals surface area contributed by atoms with Gasteiger partial charge >= 0.3 is 0 Å². The number of hydrogen-bond acceptors (Lipinski definition) is 3. The molecule has 2 aliphatic heterocycles. The number of carbonyl (C=O) groups is 1. The lowest BCUT2D eigenvalue weighted by Gasteiger charge is -2.22. The van der Waals surface area contributed by atoms with Gasteiger partial charge in [-0.15, -0.1) is 24.2 Å². The number of likely N-dealkylation sites (tertiary alicyclic amines) is 1. The summed E-state index contributed by atoms with van der Waals surface area (Å²) in [5.74, 6) is 1.74. The first kappa shape index (κ1) is 18.6. The lowest BCUT2D eigenvalue weighted by atomic mass is 9.92. The molecule has 0 unspecified atom stereocenters. The van der Waals surface area contributed by atoms with Gasteiger partial charge in [0.1, 0.15) is 0 Å². The van der Waals surface area contributed by atoms with Crippen LogP contribution in [0.25, 0.3) is 0 Å². The van der Waals surface area contributed by atoms with Crippen molar-refractivity contribution in [2.45, 2.75) is 36.8 Å². The van der Waals surface area contributed by atoms with Crippen LogP contribution in [0.2, 0.25) is 0 Å². The van der Waals surface area contributed by atoms with Crippen LogP contribution in [0.4, 0.5) is 0 Å². The van der Waals surface area contributed by atoms with Crippen LogP contribution >= 0.6 is 24.2 Å². The van der Waals surface area contributed by atoms with Crippen molar-refractivity contribution in [1.29, 1.82) is 0 Å². The van der Waals surface area contributed by atoms with Gasteiger partial charge in [-0.3, -0.25) is 4.79 Å². The second kappa shape index (κ2) is 8.41. The van der Waals surface area contributed by atoms with Gasteiger partial charge in [-0.05, 0) is 49.9 Å². The van der Waals surface area contributed by atoms with Gasteiger partial charge in [0, 0.05) is 23.2 Å². The molecule has 2 heterocycles. The summed E-state index contributed by atoms with van der Waals surface area (Å²) in [7, 11) is 0. The summed E-state index contributed by atoms with van der Waals surface area (Å²) in [6.45, 7) is 8.42. The molecule has 3 rings (SSSR count). The van der Waals surface area contributed by atoms with Crippen LogP contribution in [0.5, 0.6) is 0 Å². The average Bonchev–Trinajstić information content (AvgIpc) is 2.85. The molecule has 0 aromatic heterocycles. The molecule has 1 aromatic carbocycles. The number of benzene rings is 1. The van der Waals surface area contributed by atoms with Gasteiger partial charge < -0.3 is 10.2 Å². The van der Waals surface area contributed by atoms with Crippen molar-refractivity contribution in [3.05, 3.63) is 29.8 Å². The topological polar surface area (TPSA) is 32.3 Å². The molecule has 2 atom stereocenters. The van der Waals surface area contributed by atoms with Crippen LogP contribution in [0, 0.1) is 11.8 Å². The second-order valence-electron chi connectivity index (χ2n) is 6.71. The molecule has 2 fully saturated rings. The zero-order chi connectivity index (χ0) is 15.5.